The highest BCUT2D eigenvalue weighted by Gasteiger charge is 2.30. The van der Waals surface area contributed by atoms with Gasteiger partial charge in [0.15, 0.2) is 11.5 Å². The first-order valence-electron chi connectivity index (χ1n) is 10.9. The van der Waals surface area contributed by atoms with Gasteiger partial charge in [-0.05, 0) is 37.4 Å². The molecule has 0 aromatic carbocycles. The minimum atomic E-state index is -0.135. The molecule has 10 heteroatoms. The van der Waals surface area contributed by atoms with Crippen molar-refractivity contribution in [2.45, 2.75) is 12.5 Å². The molecule has 0 radical (unpaired) electrons. The number of amides is 1. The molecule has 0 aliphatic carbocycles. The zero-order valence-corrected chi connectivity index (χ0v) is 18.4. The fourth-order valence-corrected chi connectivity index (χ4v) is 4.01. The van der Waals surface area contributed by atoms with Crippen LogP contribution in [0.1, 0.15) is 27.9 Å². The molecule has 4 aromatic heterocycles. The number of anilines is 1. The lowest BCUT2D eigenvalue weighted by molar-refractivity contribution is 0.0953. The molecule has 33 heavy (non-hydrogen) atoms. The van der Waals surface area contributed by atoms with Gasteiger partial charge in [0.25, 0.3) is 5.91 Å². The molecule has 0 bridgehead atoms. The Morgan fingerprint density at radius 2 is 1.88 bits per heavy atom. The van der Waals surface area contributed by atoms with E-state index in [9.17, 15) is 4.79 Å². The minimum Gasteiger partial charge on any atom is -0.352 e. The first-order valence-corrected chi connectivity index (χ1v) is 10.9. The third-order valence-corrected chi connectivity index (χ3v) is 5.86. The zero-order valence-electron chi connectivity index (χ0n) is 18.4. The Hall–Kier alpha value is -3.92. The number of nitrogens with one attached hydrogen (secondary N) is 1. The Balaban J connectivity index is 1.33. The van der Waals surface area contributed by atoms with Crippen LogP contribution in [-0.4, -0.2) is 73.6 Å². The van der Waals surface area contributed by atoms with Crippen LogP contribution in [-0.2, 0) is 6.42 Å². The molecule has 5 heterocycles. The highest BCUT2D eigenvalue weighted by molar-refractivity contribution is 5.94. The normalized spacial score (nSPS) is 16.8. The van der Waals surface area contributed by atoms with Gasteiger partial charge in [-0.1, -0.05) is 6.07 Å². The zero-order chi connectivity index (χ0) is 22.6. The lowest BCUT2D eigenvalue weighted by Gasteiger charge is -2.38. The van der Waals surface area contributed by atoms with Crippen LogP contribution in [0, 0.1) is 0 Å². The average Bonchev–Trinajstić information content (AvgIpc) is 3.28. The van der Waals surface area contributed by atoms with Crippen molar-refractivity contribution in [3.63, 3.8) is 0 Å². The standard InChI is InChI=1S/C23H25N9O/c1-30-13-14-31(23-26-10-4-11-27-23)16-19(30)21-29-28-20-7-6-17(15-32(20)21)22(33)25-12-8-18-5-2-3-9-24-18/h2-7,9-11,15,19H,8,12-14,16H2,1H3,(H,25,33). The summed E-state index contributed by atoms with van der Waals surface area (Å²) in [7, 11) is 2.07. The fraction of sp³-hybridized carbons (Fsp3) is 0.304. The van der Waals surface area contributed by atoms with Crippen molar-refractivity contribution in [3.8, 4) is 0 Å². The number of fused-ring (bicyclic) bond motifs is 1. The van der Waals surface area contributed by atoms with Crippen molar-refractivity contribution >= 4 is 17.5 Å². The first kappa shape index (κ1) is 21.0. The van der Waals surface area contributed by atoms with E-state index in [1.807, 2.05) is 40.9 Å². The van der Waals surface area contributed by atoms with Crippen LogP contribution in [0.2, 0.25) is 0 Å². The lowest BCUT2D eigenvalue weighted by atomic mass is 10.1. The van der Waals surface area contributed by atoms with E-state index in [2.05, 4.69) is 47.3 Å². The molecule has 168 valence electrons. The maximum absolute atomic E-state index is 12.8. The second-order valence-corrected chi connectivity index (χ2v) is 8.02. The summed E-state index contributed by atoms with van der Waals surface area (Å²) in [4.78, 5) is 30.2. The highest BCUT2D eigenvalue weighted by atomic mass is 16.1. The Morgan fingerprint density at radius 3 is 2.70 bits per heavy atom. The van der Waals surface area contributed by atoms with E-state index in [0.29, 0.717) is 36.7 Å². The maximum Gasteiger partial charge on any atom is 0.252 e. The second-order valence-electron chi connectivity index (χ2n) is 8.02. The van der Waals surface area contributed by atoms with Gasteiger partial charge in [0.2, 0.25) is 5.95 Å². The quantitative estimate of drug-likeness (QED) is 0.477. The van der Waals surface area contributed by atoms with Gasteiger partial charge in [0.05, 0.1) is 11.6 Å². The number of carbonyl (C=O) groups is 1. The third kappa shape index (κ3) is 4.51. The molecule has 0 saturated carbocycles. The van der Waals surface area contributed by atoms with E-state index in [1.54, 1.807) is 24.7 Å². The van der Waals surface area contributed by atoms with Crippen LogP contribution in [0.4, 0.5) is 5.95 Å². The topological polar surface area (TPSA) is 104 Å². The first-order chi connectivity index (χ1) is 16.2. The summed E-state index contributed by atoms with van der Waals surface area (Å²) in [6.07, 6.45) is 7.75. The van der Waals surface area contributed by atoms with Crippen LogP contribution in [0.5, 0.6) is 0 Å². The van der Waals surface area contributed by atoms with Crippen molar-refractivity contribution in [1.29, 1.82) is 0 Å². The molecule has 1 atom stereocenters. The Kier molecular flexibility index (Phi) is 5.90. The van der Waals surface area contributed by atoms with E-state index in [-0.39, 0.29) is 11.9 Å². The molecule has 1 aliphatic rings. The van der Waals surface area contributed by atoms with Crippen LogP contribution in [0.25, 0.3) is 5.65 Å². The molecule has 1 saturated heterocycles. The van der Waals surface area contributed by atoms with E-state index in [0.717, 1.165) is 24.6 Å². The lowest BCUT2D eigenvalue weighted by Crippen LogP contribution is -2.47. The summed E-state index contributed by atoms with van der Waals surface area (Å²) in [5, 5.41) is 11.8. The highest BCUT2D eigenvalue weighted by Crippen LogP contribution is 2.25. The molecule has 1 unspecified atom stereocenters. The minimum absolute atomic E-state index is 0.0139. The van der Waals surface area contributed by atoms with Crippen LogP contribution < -0.4 is 10.2 Å². The number of hydrogen-bond acceptors (Lipinski definition) is 8. The number of aromatic nitrogens is 6. The summed E-state index contributed by atoms with van der Waals surface area (Å²) in [6, 6.07) is 11.2. The Morgan fingerprint density at radius 1 is 1.03 bits per heavy atom. The predicted octanol–water partition coefficient (Wildman–Crippen LogP) is 1.38. The van der Waals surface area contributed by atoms with E-state index >= 15 is 0 Å². The molecule has 1 amide bonds. The van der Waals surface area contributed by atoms with Gasteiger partial charge in [-0.3, -0.25) is 19.1 Å². The van der Waals surface area contributed by atoms with Gasteiger partial charge in [0, 0.05) is 63.1 Å². The molecule has 1 aliphatic heterocycles. The summed E-state index contributed by atoms with van der Waals surface area (Å²) in [6.45, 7) is 2.87. The van der Waals surface area contributed by atoms with Crippen molar-refractivity contribution in [1.82, 2.24) is 39.8 Å². The number of likely N-dealkylation sites (N-methyl/N-ethyl adjacent to an activating group) is 1. The summed E-state index contributed by atoms with van der Waals surface area (Å²) in [5.41, 5.74) is 2.21. The molecule has 10 nitrogen and oxygen atoms in total. The van der Waals surface area contributed by atoms with Crippen LogP contribution >= 0.6 is 0 Å². The van der Waals surface area contributed by atoms with Gasteiger partial charge in [-0.25, -0.2) is 9.97 Å². The van der Waals surface area contributed by atoms with E-state index < -0.39 is 0 Å². The van der Waals surface area contributed by atoms with E-state index in [1.165, 1.54) is 0 Å². The Labute approximate surface area is 191 Å². The SMILES string of the molecule is CN1CCN(c2ncccn2)CC1c1nnc2ccc(C(=O)NCCc3ccccn3)cn12. The molecule has 5 rings (SSSR count). The van der Waals surface area contributed by atoms with Gasteiger partial charge < -0.3 is 10.2 Å². The van der Waals surface area contributed by atoms with Crippen LogP contribution in [0.15, 0.2) is 61.2 Å². The number of carbonyl (C=O) groups excluding carboxylic acids is 1. The molecule has 4 aromatic rings. The van der Waals surface area contributed by atoms with Crippen LogP contribution in [0.3, 0.4) is 0 Å². The van der Waals surface area contributed by atoms with Gasteiger partial charge in [0.1, 0.15) is 0 Å². The largest absolute Gasteiger partial charge is 0.352 e. The van der Waals surface area contributed by atoms with Crippen molar-refractivity contribution < 1.29 is 4.79 Å². The molecule has 1 fully saturated rings. The fourth-order valence-electron chi connectivity index (χ4n) is 4.01. The summed E-state index contributed by atoms with van der Waals surface area (Å²) < 4.78 is 1.91. The average molecular weight is 444 g/mol. The van der Waals surface area contributed by atoms with Crippen molar-refractivity contribution in [2.75, 3.05) is 38.1 Å². The second kappa shape index (κ2) is 9.29. The number of pyridine rings is 2. The molecule has 1 N–H and O–H groups in total. The van der Waals surface area contributed by atoms with Crippen molar-refractivity contribution in [2.24, 2.45) is 0 Å². The number of piperazine rings is 1. The predicted molar refractivity (Wildman–Crippen MR) is 123 cm³/mol. The number of nitrogens with zero attached hydrogens (tertiary/aromatic N) is 8. The van der Waals surface area contributed by atoms with E-state index in [4.69, 9.17) is 0 Å². The monoisotopic (exact) mass is 443 g/mol. The molecular weight excluding hydrogens is 418 g/mol. The third-order valence-electron chi connectivity index (χ3n) is 5.86. The summed E-state index contributed by atoms with van der Waals surface area (Å²) in [5.74, 6) is 1.36. The van der Waals surface area contributed by atoms with Crippen molar-refractivity contribution in [3.05, 3.63) is 78.3 Å². The number of rotatable bonds is 6. The molecule has 0 spiro atoms. The molecular formula is C23H25N9O. The van der Waals surface area contributed by atoms with Gasteiger partial charge in [-0.2, -0.15) is 0 Å². The van der Waals surface area contributed by atoms with Gasteiger partial charge in [-0.15, -0.1) is 10.2 Å². The number of hydrogen-bond donors (Lipinski definition) is 1. The Bertz CT molecular complexity index is 1230. The smallest absolute Gasteiger partial charge is 0.252 e. The maximum atomic E-state index is 12.8. The van der Waals surface area contributed by atoms with Gasteiger partial charge >= 0.3 is 0 Å². The summed E-state index contributed by atoms with van der Waals surface area (Å²) >= 11 is 0.